The zero-order chi connectivity index (χ0) is 16.8. The van der Waals surface area contributed by atoms with Crippen LogP contribution < -0.4 is 4.74 Å². The molecule has 2 aliphatic carbocycles. The van der Waals surface area contributed by atoms with Gasteiger partial charge in [0, 0.05) is 0 Å². The number of hydrogen-bond donors (Lipinski definition) is 0. The van der Waals surface area contributed by atoms with Crippen LogP contribution in [0.1, 0.15) is 78.1 Å². The molecule has 0 aliphatic heterocycles. The second kappa shape index (κ2) is 8.92. The Morgan fingerprint density at radius 2 is 1.46 bits per heavy atom. The highest BCUT2D eigenvalue weighted by Gasteiger charge is 2.32. The molecule has 2 fully saturated rings. The van der Waals surface area contributed by atoms with E-state index in [0.29, 0.717) is 6.10 Å². The van der Waals surface area contributed by atoms with Crippen LogP contribution in [0.4, 0.5) is 0 Å². The van der Waals surface area contributed by atoms with Gasteiger partial charge in [-0.2, -0.15) is 0 Å². The Morgan fingerprint density at radius 1 is 0.875 bits per heavy atom. The summed E-state index contributed by atoms with van der Waals surface area (Å²) < 4.78 is 6.18. The van der Waals surface area contributed by atoms with Crippen LogP contribution in [0.3, 0.4) is 0 Å². The minimum atomic E-state index is 0.355. The van der Waals surface area contributed by atoms with Crippen molar-refractivity contribution in [3.8, 4) is 5.75 Å². The minimum absolute atomic E-state index is 0.355. The van der Waals surface area contributed by atoms with Crippen LogP contribution >= 0.6 is 0 Å². The van der Waals surface area contributed by atoms with Gasteiger partial charge in [0.2, 0.25) is 0 Å². The summed E-state index contributed by atoms with van der Waals surface area (Å²) in [5.74, 6) is 4.86. The predicted molar refractivity (Wildman–Crippen MR) is 102 cm³/mol. The third-order valence-corrected chi connectivity index (χ3v) is 6.80. The summed E-state index contributed by atoms with van der Waals surface area (Å²) in [6.45, 7) is 4.61. The van der Waals surface area contributed by atoms with Gasteiger partial charge < -0.3 is 4.74 Å². The molecule has 0 N–H and O–H groups in total. The molecule has 2 saturated carbocycles. The average Bonchev–Trinajstić information content (AvgIpc) is 2.64. The Labute approximate surface area is 149 Å². The highest BCUT2D eigenvalue weighted by atomic mass is 16.5. The molecule has 0 saturated heterocycles. The highest BCUT2D eigenvalue weighted by Crippen LogP contribution is 2.43. The summed E-state index contributed by atoms with van der Waals surface area (Å²) in [6, 6.07) is 10.3. The molecule has 1 heteroatoms. The molecular weight excluding hydrogens is 292 g/mol. The largest absolute Gasteiger partial charge is 0.490 e. The lowest BCUT2D eigenvalue weighted by Crippen LogP contribution is -2.31. The first-order valence-electron chi connectivity index (χ1n) is 10.5. The fraction of sp³-hybridized carbons (Fsp3) is 0.739. The second-order valence-corrected chi connectivity index (χ2v) is 8.38. The fourth-order valence-corrected chi connectivity index (χ4v) is 5.25. The molecule has 0 amide bonds. The van der Waals surface area contributed by atoms with E-state index >= 15 is 0 Å². The Morgan fingerprint density at radius 3 is 2.04 bits per heavy atom. The lowest BCUT2D eigenvalue weighted by Gasteiger charge is -2.39. The maximum Gasteiger partial charge on any atom is 0.119 e. The van der Waals surface area contributed by atoms with Crippen molar-refractivity contribution in [2.75, 3.05) is 0 Å². The van der Waals surface area contributed by atoms with E-state index in [0.717, 1.165) is 29.4 Å². The molecule has 1 atom stereocenters. The van der Waals surface area contributed by atoms with Crippen LogP contribution in [0, 0.1) is 23.7 Å². The van der Waals surface area contributed by atoms with Crippen LogP contribution in [0.15, 0.2) is 30.3 Å². The highest BCUT2D eigenvalue weighted by molar-refractivity contribution is 5.21. The van der Waals surface area contributed by atoms with Crippen molar-refractivity contribution in [2.45, 2.75) is 84.2 Å². The monoisotopic (exact) mass is 328 g/mol. The molecule has 2 aliphatic rings. The van der Waals surface area contributed by atoms with Gasteiger partial charge in [0.15, 0.2) is 0 Å². The summed E-state index contributed by atoms with van der Waals surface area (Å²) in [5.41, 5.74) is 0. The van der Waals surface area contributed by atoms with Gasteiger partial charge in [-0.15, -0.1) is 0 Å². The third-order valence-electron chi connectivity index (χ3n) is 6.80. The maximum absolute atomic E-state index is 6.18. The zero-order valence-corrected chi connectivity index (χ0v) is 15.8. The number of ether oxygens (including phenoxy) is 1. The van der Waals surface area contributed by atoms with E-state index in [1.165, 1.54) is 64.2 Å². The Balaban J connectivity index is 1.41. The van der Waals surface area contributed by atoms with Gasteiger partial charge in [0.05, 0.1) is 6.10 Å². The molecule has 0 aromatic heterocycles. The summed E-state index contributed by atoms with van der Waals surface area (Å²) in [6.07, 6.45) is 14.8. The Bertz CT molecular complexity index is 452. The third kappa shape index (κ3) is 4.77. The van der Waals surface area contributed by atoms with Gasteiger partial charge in [-0.1, -0.05) is 50.8 Å². The topological polar surface area (TPSA) is 9.23 Å². The molecule has 0 heterocycles. The normalized spacial score (nSPS) is 32.2. The molecule has 24 heavy (non-hydrogen) atoms. The van der Waals surface area contributed by atoms with Gasteiger partial charge in [0.25, 0.3) is 0 Å². The van der Waals surface area contributed by atoms with E-state index in [1.54, 1.807) is 0 Å². The SMILES string of the molecule is CCCC1CCC(C2CCC(C(C)Oc3ccccc3)CC2)CC1. The Kier molecular flexibility index (Phi) is 6.63. The van der Waals surface area contributed by atoms with Crippen molar-refractivity contribution in [2.24, 2.45) is 23.7 Å². The van der Waals surface area contributed by atoms with E-state index in [9.17, 15) is 0 Å². The van der Waals surface area contributed by atoms with E-state index in [1.807, 2.05) is 0 Å². The first-order chi connectivity index (χ1) is 11.8. The summed E-state index contributed by atoms with van der Waals surface area (Å²) >= 11 is 0. The molecule has 1 aromatic rings. The molecule has 134 valence electrons. The van der Waals surface area contributed by atoms with Crippen LogP contribution in [-0.2, 0) is 0 Å². The maximum atomic E-state index is 6.18. The van der Waals surface area contributed by atoms with Crippen LogP contribution in [-0.4, -0.2) is 6.10 Å². The molecule has 0 spiro atoms. The van der Waals surface area contributed by atoms with Gasteiger partial charge >= 0.3 is 0 Å². The van der Waals surface area contributed by atoms with Crippen LogP contribution in [0.25, 0.3) is 0 Å². The van der Waals surface area contributed by atoms with E-state index in [4.69, 9.17) is 4.74 Å². The standard InChI is InChI=1S/C23H36O/c1-3-7-19-10-12-21(13-11-19)22-16-14-20(15-17-22)18(2)24-23-8-5-4-6-9-23/h4-6,8-9,18-22H,3,7,10-17H2,1-2H3. The van der Waals surface area contributed by atoms with Crippen molar-refractivity contribution in [3.05, 3.63) is 30.3 Å². The van der Waals surface area contributed by atoms with E-state index in [2.05, 4.69) is 44.2 Å². The molecule has 1 nitrogen and oxygen atoms in total. The lowest BCUT2D eigenvalue weighted by molar-refractivity contribution is 0.0824. The molecule has 0 radical (unpaired) electrons. The molecular formula is C23H36O. The smallest absolute Gasteiger partial charge is 0.119 e. The number of hydrogen-bond acceptors (Lipinski definition) is 1. The van der Waals surface area contributed by atoms with Gasteiger partial charge in [-0.05, 0) is 81.3 Å². The first kappa shape index (κ1) is 17.8. The Hall–Kier alpha value is -0.980. The molecule has 1 aromatic carbocycles. The number of rotatable bonds is 6. The summed E-state index contributed by atoms with van der Waals surface area (Å²) in [4.78, 5) is 0. The average molecular weight is 329 g/mol. The van der Waals surface area contributed by atoms with Crippen molar-refractivity contribution < 1.29 is 4.74 Å². The van der Waals surface area contributed by atoms with Gasteiger partial charge in [-0.3, -0.25) is 0 Å². The quantitative estimate of drug-likeness (QED) is 0.554. The van der Waals surface area contributed by atoms with Crippen molar-refractivity contribution in [1.82, 2.24) is 0 Å². The summed E-state index contributed by atoms with van der Waals surface area (Å²) in [7, 11) is 0. The molecule has 0 bridgehead atoms. The first-order valence-corrected chi connectivity index (χ1v) is 10.5. The van der Waals surface area contributed by atoms with Crippen molar-refractivity contribution >= 4 is 0 Å². The van der Waals surface area contributed by atoms with Crippen molar-refractivity contribution in [3.63, 3.8) is 0 Å². The number of para-hydroxylation sites is 1. The molecule has 3 rings (SSSR count). The van der Waals surface area contributed by atoms with Crippen LogP contribution in [0.5, 0.6) is 5.75 Å². The minimum Gasteiger partial charge on any atom is -0.490 e. The van der Waals surface area contributed by atoms with Crippen molar-refractivity contribution in [1.29, 1.82) is 0 Å². The van der Waals surface area contributed by atoms with Crippen LogP contribution in [0.2, 0.25) is 0 Å². The predicted octanol–water partition coefficient (Wildman–Crippen LogP) is 6.87. The van der Waals surface area contributed by atoms with E-state index < -0.39 is 0 Å². The second-order valence-electron chi connectivity index (χ2n) is 8.38. The van der Waals surface area contributed by atoms with Gasteiger partial charge in [-0.25, -0.2) is 0 Å². The summed E-state index contributed by atoms with van der Waals surface area (Å²) in [5, 5.41) is 0. The zero-order valence-electron chi connectivity index (χ0n) is 15.8. The van der Waals surface area contributed by atoms with E-state index in [-0.39, 0.29) is 0 Å². The molecule has 1 unspecified atom stereocenters. The fourth-order valence-electron chi connectivity index (χ4n) is 5.25. The number of benzene rings is 1. The lowest BCUT2D eigenvalue weighted by atomic mass is 9.68. The van der Waals surface area contributed by atoms with Gasteiger partial charge in [0.1, 0.15) is 5.75 Å².